The molecule has 28 nitrogen and oxygen atoms in total. The van der Waals surface area contributed by atoms with Gasteiger partial charge in [-0.1, -0.05) is 57.6 Å². The van der Waals surface area contributed by atoms with Gasteiger partial charge in [-0.15, -0.1) is 5.10 Å². The van der Waals surface area contributed by atoms with Crippen LogP contribution in [0.3, 0.4) is 0 Å². The summed E-state index contributed by atoms with van der Waals surface area (Å²) in [7, 11) is 3.25. The molecule has 1 aromatic heterocycles. The molecule has 0 spiro atoms. The number of Topliss-reactive ketones (excluding diaryl/α,β-unsaturated/α-hetero) is 4. The first-order valence-corrected chi connectivity index (χ1v) is 39.0. The van der Waals surface area contributed by atoms with Crippen LogP contribution >= 0.6 is 11.8 Å². The molecule has 0 bridgehead atoms. The quantitative estimate of drug-likeness (QED) is 0.0280. The number of unbranched alkanes of at least 4 members (excludes halogenated alkanes) is 8. The number of fused-ring (bicyclic) bond motifs is 1. The van der Waals surface area contributed by atoms with E-state index < -0.39 is 30.0 Å². The summed E-state index contributed by atoms with van der Waals surface area (Å²) in [5.74, 6) is -1.12. The van der Waals surface area contributed by atoms with Gasteiger partial charge >= 0.3 is 6.03 Å². The highest BCUT2D eigenvalue weighted by Crippen LogP contribution is 2.33. The van der Waals surface area contributed by atoms with Crippen LogP contribution in [0.2, 0.25) is 0 Å². The lowest BCUT2D eigenvalue weighted by Crippen LogP contribution is -2.50. The molecule has 578 valence electrons. The van der Waals surface area contributed by atoms with Gasteiger partial charge in [-0.25, -0.2) is 4.79 Å². The van der Waals surface area contributed by atoms with Crippen molar-refractivity contribution < 1.29 is 71.6 Å². The molecular weight excluding hydrogens is 1320 g/mol. The number of likely N-dealkylation sites (N-methyl/N-ethyl adjacent to an activating group) is 1. The normalized spacial score (nSPS) is 16.7. The first kappa shape index (κ1) is 89.8. The maximum atomic E-state index is 14.2. The summed E-state index contributed by atoms with van der Waals surface area (Å²) in [5, 5.41) is 29.4. The van der Waals surface area contributed by atoms with Gasteiger partial charge in [-0.3, -0.25) is 43.2 Å². The molecule has 1 aromatic rings. The lowest BCUT2D eigenvalue weighted by molar-refractivity contribution is -0.134. The molecule has 2 aliphatic rings. The summed E-state index contributed by atoms with van der Waals surface area (Å²) < 4.78 is 28.6. The largest absolute Gasteiger partial charge is 0.382 e. The summed E-state index contributed by atoms with van der Waals surface area (Å²) in [5.41, 5.74) is 17.7. The Kier molecular flexibility index (Phi) is 50.7. The minimum atomic E-state index is -0.957. The number of thioether (sulfide) groups is 1. The molecule has 101 heavy (non-hydrogen) atoms. The number of rotatable bonds is 67. The molecule has 9 atom stereocenters. The highest BCUT2D eigenvalue weighted by molar-refractivity contribution is 8.00. The predicted octanol–water partition coefficient (Wildman–Crippen LogP) is 5.61. The minimum Gasteiger partial charge on any atom is -0.382 e. The van der Waals surface area contributed by atoms with Gasteiger partial charge in [0, 0.05) is 101 Å². The Morgan fingerprint density at radius 3 is 1.73 bits per heavy atom. The average Bonchev–Trinajstić information content (AvgIpc) is 1.68. The number of methoxy groups -OCH3 is 1. The fourth-order valence-corrected chi connectivity index (χ4v) is 14.1. The molecule has 0 radical (unpaired) electrons. The van der Waals surface area contributed by atoms with Gasteiger partial charge in [-0.2, -0.15) is 16.4 Å². The van der Waals surface area contributed by atoms with Gasteiger partial charge in [0.1, 0.15) is 29.1 Å². The second kappa shape index (κ2) is 57.0. The summed E-state index contributed by atoms with van der Waals surface area (Å²) in [6, 6.07) is -2.07. The maximum Gasteiger partial charge on any atom is 0.315 e. The minimum absolute atomic E-state index is 0.0112. The van der Waals surface area contributed by atoms with Crippen LogP contribution in [0.25, 0.3) is 0 Å². The van der Waals surface area contributed by atoms with Gasteiger partial charge in [0.15, 0.2) is 5.78 Å². The van der Waals surface area contributed by atoms with Crippen molar-refractivity contribution in [1.82, 2.24) is 52.2 Å². The molecule has 0 aliphatic carbocycles. The number of amides is 6. The molecule has 6 amide bonds. The third kappa shape index (κ3) is 39.9. The third-order valence-corrected chi connectivity index (χ3v) is 20.2. The summed E-state index contributed by atoms with van der Waals surface area (Å²) in [6.45, 7) is 8.64. The molecule has 2 saturated heterocycles. The van der Waals surface area contributed by atoms with Crippen molar-refractivity contribution >= 4 is 70.5 Å². The van der Waals surface area contributed by atoms with E-state index >= 15 is 0 Å². The number of ketones is 4. The van der Waals surface area contributed by atoms with Crippen molar-refractivity contribution in [3.05, 3.63) is 11.9 Å². The van der Waals surface area contributed by atoms with E-state index in [0.717, 1.165) is 74.6 Å². The van der Waals surface area contributed by atoms with Gasteiger partial charge in [0.25, 0.3) is 5.91 Å². The second-order valence-electron chi connectivity index (χ2n) is 26.8. The van der Waals surface area contributed by atoms with Crippen LogP contribution in [-0.2, 0) is 68.6 Å². The molecule has 3 heterocycles. The Morgan fingerprint density at radius 1 is 0.564 bits per heavy atom. The van der Waals surface area contributed by atoms with E-state index in [-0.39, 0.29) is 135 Å². The SMILES string of the molecule is CCC(CCCCN)C(=O)NC(CCCCNC(=O)CCOCCOCc1cn(C(=O)C(CCCCCC(=O)CCOCCOC)NC(=O)C(CCCCNC(=O)CCOCCCC(=O)CCCCC2SCC3NC(=O)NC32)NC)nn1)C(=O)CC(CCCCN)C(=O)C(CC)CCCCN. The van der Waals surface area contributed by atoms with Crippen LogP contribution < -0.4 is 54.4 Å². The van der Waals surface area contributed by atoms with Crippen molar-refractivity contribution in [1.29, 1.82) is 0 Å². The Labute approximate surface area is 605 Å². The number of carbonyl (C=O) groups is 10. The third-order valence-electron chi connectivity index (χ3n) is 18.7. The number of urea groups is 1. The van der Waals surface area contributed by atoms with E-state index in [9.17, 15) is 47.9 Å². The number of nitrogens with two attached hydrogens (primary N) is 3. The van der Waals surface area contributed by atoms with Crippen LogP contribution in [0.1, 0.15) is 230 Å². The van der Waals surface area contributed by atoms with Crippen molar-refractivity contribution in [3.63, 3.8) is 0 Å². The van der Waals surface area contributed by atoms with Crippen LogP contribution in [0.4, 0.5) is 4.79 Å². The zero-order chi connectivity index (χ0) is 73.7. The number of nitrogens with one attached hydrogen (secondary N) is 7. The molecule has 0 aromatic carbocycles. The highest BCUT2D eigenvalue weighted by Gasteiger charge is 2.42. The molecular formula is C72H129N13O15S. The molecule has 9 unspecified atom stereocenters. The average molecular weight is 1450 g/mol. The Balaban J connectivity index is 1.41. The first-order valence-electron chi connectivity index (χ1n) is 38.0. The lowest BCUT2D eigenvalue weighted by atomic mass is 9.81. The molecule has 3 rings (SSSR count). The van der Waals surface area contributed by atoms with Crippen LogP contribution in [-0.4, -0.2) is 215 Å². The summed E-state index contributed by atoms with van der Waals surface area (Å²) in [6.07, 6.45) is 20.0. The first-order chi connectivity index (χ1) is 49.0. The van der Waals surface area contributed by atoms with E-state index in [0.29, 0.717) is 186 Å². The van der Waals surface area contributed by atoms with Gasteiger partial charge in [-0.05, 0) is 149 Å². The number of nitrogens with zero attached hydrogens (tertiary/aromatic N) is 3. The topological polar surface area (TPSA) is 410 Å². The molecule has 2 aliphatic heterocycles. The number of aromatic nitrogens is 3. The smallest absolute Gasteiger partial charge is 0.315 e. The lowest BCUT2D eigenvalue weighted by Gasteiger charge is -2.25. The molecule has 0 saturated carbocycles. The van der Waals surface area contributed by atoms with Crippen molar-refractivity contribution in [2.24, 2.45) is 35.0 Å². The van der Waals surface area contributed by atoms with E-state index in [1.807, 2.05) is 25.6 Å². The zero-order valence-corrected chi connectivity index (χ0v) is 62.4. The monoisotopic (exact) mass is 1450 g/mol. The Bertz CT molecular complexity index is 2520. The molecule has 29 heteroatoms. The molecule has 2 fully saturated rings. The Morgan fingerprint density at radius 2 is 1.10 bits per heavy atom. The zero-order valence-electron chi connectivity index (χ0n) is 61.6. The maximum absolute atomic E-state index is 14.2. The van der Waals surface area contributed by atoms with Gasteiger partial charge < -0.3 is 78.1 Å². The number of ether oxygens (including phenoxy) is 5. The molecule has 13 N–H and O–H groups in total. The predicted molar refractivity (Wildman–Crippen MR) is 390 cm³/mol. The van der Waals surface area contributed by atoms with Crippen molar-refractivity contribution in [2.75, 3.05) is 105 Å². The van der Waals surface area contributed by atoms with E-state index in [1.165, 1.54) is 6.20 Å². The standard InChI is InChI=1S/C72H129N13O15S/c1-5-53(23-12-17-36-73)68(91)55(25-14-19-38-75)49-63(88)59(79-69(92)54(6-2)24-13-18-37-74)29-15-20-39-77-66(90)35-44-99-47-48-100-51-56-50-85(84-83-56)71(94)61(31-9-7-8-26-58(87)33-42-98-46-45-96-4)80-70(93)60(76-3)30-16-21-40-78-65(89)34-43-97-41-22-28-57(86)27-10-11-32-64-67-62(52-101-64)81-72(95)82-67/h50,53-55,59-62,64,67,76H,5-49,51-52,73-75H2,1-4H3,(H,77,90)(H,78,89)(H,79,92)(H,80,93)(H2,81,82,95). The Hall–Kier alpha value is -5.37. The van der Waals surface area contributed by atoms with Crippen LogP contribution in [0, 0.1) is 17.8 Å². The second-order valence-corrected chi connectivity index (χ2v) is 28.0. The number of hydrogen-bond acceptors (Lipinski definition) is 22. The van der Waals surface area contributed by atoms with Crippen molar-refractivity contribution in [3.8, 4) is 0 Å². The number of hydrogen-bond donors (Lipinski definition) is 10. The van der Waals surface area contributed by atoms with E-state index in [4.69, 9.17) is 40.9 Å². The fourth-order valence-electron chi connectivity index (χ4n) is 12.5. The number of carbonyl (C=O) groups excluding carboxylic acids is 10. The van der Waals surface area contributed by atoms with E-state index in [2.05, 4.69) is 47.5 Å². The van der Waals surface area contributed by atoms with Gasteiger partial charge in [0.05, 0.1) is 83.2 Å². The van der Waals surface area contributed by atoms with Crippen LogP contribution in [0.5, 0.6) is 0 Å². The highest BCUT2D eigenvalue weighted by atomic mass is 32.2. The summed E-state index contributed by atoms with van der Waals surface area (Å²) >= 11 is 1.88. The van der Waals surface area contributed by atoms with Gasteiger partial charge in [0.2, 0.25) is 23.6 Å². The fraction of sp³-hybridized carbons (Fsp3) is 0.833. The summed E-state index contributed by atoms with van der Waals surface area (Å²) in [4.78, 5) is 131. The van der Waals surface area contributed by atoms with E-state index in [1.54, 1.807) is 14.2 Å². The van der Waals surface area contributed by atoms with Crippen molar-refractivity contribution in [2.45, 2.75) is 261 Å². The van der Waals surface area contributed by atoms with Crippen LogP contribution in [0.15, 0.2) is 6.20 Å².